The van der Waals surface area contributed by atoms with Crippen LogP contribution >= 0.6 is 0 Å². The number of nitrogens with one attached hydrogen (secondary N) is 1. The maximum Gasteiger partial charge on any atom is 0.160 e. The molecule has 0 saturated carbocycles. The molecule has 2 N–H and O–H groups in total. The number of nitrogens with zero attached hydrogens (tertiary/aromatic N) is 4. The van der Waals surface area contributed by atoms with Crippen molar-refractivity contribution in [1.82, 2.24) is 20.2 Å². The Balaban J connectivity index is 2.09. The zero-order valence-electron chi connectivity index (χ0n) is 9.01. The molecule has 0 aromatic carbocycles. The Bertz CT molecular complexity index is 521. The van der Waals surface area contributed by atoms with Gasteiger partial charge in [-0.2, -0.15) is 5.10 Å². The first-order chi connectivity index (χ1) is 7.74. The van der Waals surface area contributed by atoms with E-state index in [1.165, 1.54) is 6.33 Å². The molecule has 1 saturated heterocycles. The second-order valence-corrected chi connectivity index (χ2v) is 4.39. The van der Waals surface area contributed by atoms with E-state index in [4.69, 9.17) is 0 Å². The fourth-order valence-corrected chi connectivity index (χ4v) is 2.10. The summed E-state index contributed by atoms with van der Waals surface area (Å²) in [6.07, 6.45) is 4.22. The number of H-pyrrole nitrogens is 1. The fraction of sp³-hybridized carbons (Fsp3) is 0.500. The van der Waals surface area contributed by atoms with Gasteiger partial charge in [-0.15, -0.1) is 0 Å². The van der Waals surface area contributed by atoms with Gasteiger partial charge in [-0.05, 0) is 13.3 Å². The Kier molecular flexibility index (Phi) is 1.88. The van der Waals surface area contributed by atoms with Gasteiger partial charge in [-0.25, -0.2) is 9.97 Å². The van der Waals surface area contributed by atoms with Crippen LogP contribution < -0.4 is 4.90 Å². The molecule has 2 aromatic rings. The second kappa shape index (κ2) is 3.15. The lowest BCUT2D eigenvalue weighted by atomic mass is 9.87. The van der Waals surface area contributed by atoms with Crippen molar-refractivity contribution >= 4 is 16.9 Å². The summed E-state index contributed by atoms with van der Waals surface area (Å²) in [7, 11) is 0. The van der Waals surface area contributed by atoms with Crippen LogP contribution in [0.3, 0.4) is 0 Å². The van der Waals surface area contributed by atoms with Crippen LogP contribution in [0.2, 0.25) is 0 Å². The van der Waals surface area contributed by atoms with Gasteiger partial charge in [0, 0.05) is 6.54 Å². The molecule has 2 aromatic heterocycles. The Labute approximate surface area is 92.3 Å². The number of fused-ring (bicyclic) bond motifs is 1. The summed E-state index contributed by atoms with van der Waals surface area (Å²) in [5.74, 6) is 0.849. The van der Waals surface area contributed by atoms with Crippen molar-refractivity contribution in [3.05, 3.63) is 12.5 Å². The minimum Gasteiger partial charge on any atom is -0.394 e. The largest absolute Gasteiger partial charge is 0.394 e. The highest BCUT2D eigenvalue weighted by Gasteiger charge is 2.41. The zero-order chi connectivity index (χ0) is 11.2. The van der Waals surface area contributed by atoms with Gasteiger partial charge in [0.15, 0.2) is 5.65 Å². The van der Waals surface area contributed by atoms with Crippen molar-refractivity contribution < 1.29 is 5.11 Å². The zero-order valence-corrected chi connectivity index (χ0v) is 9.01. The first-order valence-corrected chi connectivity index (χ1v) is 5.27. The molecule has 3 heterocycles. The van der Waals surface area contributed by atoms with Crippen LogP contribution in [0.1, 0.15) is 13.3 Å². The number of aromatic amines is 1. The second-order valence-electron chi connectivity index (χ2n) is 4.39. The first-order valence-electron chi connectivity index (χ1n) is 5.27. The number of aliphatic hydroxyl groups is 1. The standard InChI is InChI=1S/C10H13N5O/c1-10(5-16)2-3-15(10)9-7-4-13-14-8(7)11-6-12-9/h4,6,16H,2-3,5H2,1H3,(H,11,12,13,14)/t10-/m0/s1. The highest BCUT2D eigenvalue weighted by Crippen LogP contribution is 2.36. The minimum absolute atomic E-state index is 0.135. The van der Waals surface area contributed by atoms with E-state index in [-0.39, 0.29) is 12.1 Å². The van der Waals surface area contributed by atoms with Gasteiger partial charge >= 0.3 is 0 Å². The van der Waals surface area contributed by atoms with Gasteiger partial charge in [0.25, 0.3) is 0 Å². The highest BCUT2D eigenvalue weighted by atomic mass is 16.3. The van der Waals surface area contributed by atoms with Crippen LogP contribution in [-0.4, -0.2) is 44.0 Å². The molecule has 6 heteroatoms. The van der Waals surface area contributed by atoms with Gasteiger partial charge in [0.05, 0.1) is 23.7 Å². The van der Waals surface area contributed by atoms with Gasteiger partial charge in [-0.3, -0.25) is 5.10 Å². The molecule has 1 aliphatic rings. The normalized spacial score (nSPS) is 24.8. The lowest BCUT2D eigenvalue weighted by molar-refractivity contribution is 0.153. The first kappa shape index (κ1) is 9.53. The molecule has 0 radical (unpaired) electrons. The van der Waals surface area contributed by atoms with Crippen molar-refractivity contribution in [3.63, 3.8) is 0 Å². The van der Waals surface area contributed by atoms with Crippen LogP contribution in [-0.2, 0) is 0 Å². The van der Waals surface area contributed by atoms with E-state index in [0.29, 0.717) is 0 Å². The maximum atomic E-state index is 9.39. The summed E-state index contributed by atoms with van der Waals surface area (Å²) in [6, 6.07) is 0. The molecule has 0 spiro atoms. The van der Waals surface area contributed by atoms with Crippen LogP contribution in [0.4, 0.5) is 5.82 Å². The quantitative estimate of drug-likeness (QED) is 0.760. The average Bonchev–Trinajstić information content (AvgIpc) is 2.75. The van der Waals surface area contributed by atoms with Crippen molar-refractivity contribution in [3.8, 4) is 0 Å². The maximum absolute atomic E-state index is 9.39. The lowest BCUT2D eigenvalue weighted by Crippen LogP contribution is -2.60. The lowest BCUT2D eigenvalue weighted by Gasteiger charge is -2.50. The smallest absolute Gasteiger partial charge is 0.160 e. The third kappa shape index (κ3) is 1.13. The monoisotopic (exact) mass is 219 g/mol. The van der Waals surface area contributed by atoms with E-state index in [9.17, 15) is 5.11 Å². The third-order valence-electron chi connectivity index (χ3n) is 3.35. The highest BCUT2D eigenvalue weighted by molar-refractivity contribution is 5.86. The summed E-state index contributed by atoms with van der Waals surface area (Å²) in [5.41, 5.74) is 0.538. The summed E-state index contributed by atoms with van der Waals surface area (Å²) in [5, 5.41) is 17.1. The summed E-state index contributed by atoms with van der Waals surface area (Å²) in [4.78, 5) is 10.5. The average molecular weight is 219 g/mol. The number of anilines is 1. The number of hydrogen-bond acceptors (Lipinski definition) is 5. The molecule has 1 atom stereocenters. The molecule has 1 fully saturated rings. The predicted molar refractivity (Wildman–Crippen MR) is 59.1 cm³/mol. The van der Waals surface area contributed by atoms with Crippen molar-refractivity contribution in [2.45, 2.75) is 18.9 Å². The molecule has 0 amide bonds. The van der Waals surface area contributed by atoms with Crippen LogP contribution in [0.5, 0.6) is 0 Å². The van der Waals surface area contributed by atoms with E-state index in [2.05, 4.69) is 25.1 Å². The van der Waals surface area contributed by atoms with E-state index in [1.54, 1.807) is 6.20 Å². The number of rotatable bonds is 2. The topological polar surface area (TPSA) is 77.9 Å². The Morgan fingerprint density at radius 1 is 1.56 bits per heavy atom. The molecule has 84 valence electrons. The molecule has 0 unspecified atom stereocenters. The van der Waals surface area contributed by atoms with Crippen molar-refractivity contribution in [2.75, 3.05) is 18.1 Å². The number of aliphatic hydroxyl groups excluding tert-OH is 1. The SMILES string of the molecule is C[C@@]1(CO)CCN1c1ncnc2[nH]ncc12. The van der Waals surface area contributed by atoms with Gasteiger partial charge in [-0.1, -0.05) is 0 Å². The van der Waals surface area contributed by atoms with Crippen LogP contribution in [0.25, 0.3) is 11.0 Å². The van der Waals surface area contributed by atoms with E-state index >= 15 is 0 Å². The van der Waals surface area contributed by atoms with E-state index in [0.717, 1.165) is 29.8 Å². The van der Waals surface area contributed by atoms with Gasteiger partial charge in [0.2, 0.25) is 0 Å². The van der Waals surface area contributed by atoms with Crippen LogP contribution in [0, 0.1) is 0 Å². The van der Waals surface area contributed by atoms with Crippen molar-refractivity contribution in [2.24, 2.45) is 0 Å². The minimum atomic E-state index is -0.196. The molecule has 3 rings (SSSR count). The number of aromatic nitrogens is 4. The molecule has 0 aliphatic carbocycles. The Morgan fingerprint density at radius 2 is 2.44 bits per heavy atom. The van der Waals surface area contributed by atoms with Crippen LogP contribution in [0.15, 0.2) is 12.5 Å². The molecule has 1 aliphatic heterocycles. The van der Waals surface area contributed by atoms with Gasteiger partial charge in [0.1, 0.15) is 12.1 Å². The van der Waals surface area contributed by atoms with Crippen molar-refractivity contribution in [1.29, 1.82) is 0 Å². The molecular weight excluding hydrogens is 206 g/mol. The predicted octanol–water partition coefficient (Wildman–Crippen LogP) is 0.314. The van der Waals surface area contributed by atoms with E-state index in [1.807, 2.05) is 6.92 Å². The molecule has 0 bridgehead atoms. The Morgan fingerprint density at radius 3 is 3.12 bits per heavy atom. The Hall–Kier alpha value is -1.69. The molecular formula is C10H13N5O. The third-order valence-corrected chi connectivity index (χ3v) is 3.35. The summed E-state index contributed by atoms with van der Waals surface area (Å²) in [6.45, 7) is 3.08. The summed E-state index contributed by atoms with van der Waals surface area (Å²) >= 11 is 0. The molecule has 16 heavy (non-hydrogen) atoms. The fourth-order valence-electron chi connectivity index (χ4n) is 2.10. The van der Waals surface area contributed by atoms with Gasteiger partial charge < -0.3 is 10.0 Å². The summed E-state index contributed by atoms with van der Waals surface area (Å²) < 4.78 is 0. The van der Waals surface area contributed by atoms with E-state index < -0.39 is 0 Å². The number of hydrogen-bond donors (Lipinski definition) is 2. The molecule has 6 nitrogen and oxygen atoms in total.